The van der Waals surface area contributed by atoms with E-state index in [-0.39, 0.29) is 11.3 Å². The molecule has 5 rings (SSSR count). The van der Waals surface area contributed by atoms with Crippen molar-refractivity contribution in [2.75, 3.05) is 18.6 Å². The molecule has 188 valence electrons. The Morgan fingerprint density at radius 3 is 2.49 bits per heavy atom. The van der Waals surface area contributed by atoms with Crippen molar-refractivity contribution in [3.05, 3.63) is 99.4 Å². The number of carbonyl (C=O) groups is 2. The van der Waals surface area contributed by atoms with Gasteiger partial charge in [-0.15, -0.1) is 0 Å². The summed E-state index contributed by atoms with van der Waals surface area (Å²) in [6.45, 7) is 2.36. The zero-order valence-electron chi connectivity index (χ0n) is 19.8. The number of aliphatic hydroxyl groups is 1. The first-order valence-electron chi connectivity index (χ1n) is 11.4. The van der Waals surface area contributed by atoms with Crippen LogP contribution in [-0.2, 0) is 4.79 Å². The van der Waals surface area contributed by atoms with Crippen LogP contribution < -0.4 is 14.4 Å². The molecule has 0 aliphatic carbocycles. The molecule has 0 saturated carbocycles. The highest BCUT2D eigenvalue weighted by Crippen LogP contribution is 2.43. The second kappa shape index (κ2) is 9.84. The standard InChI is InChI=1S/C28H21Cl2NO6/c1-3-36-20-9-7-15(8-10-20)24-23(26(33)28(34)31(24)19-6-4-5-17(29)13-19)25(32)21-12-16-11-18(30)14-22(35-2)27(16)37-21/h4-14,24,33H,3H2,1-2H3. The normalized spacial score (nSPS) is 15.5. The van der Waals surface area contributed by atoms with E-state index in [4.69, 9.17) is 37.1 Å². The molecule has 0 fully saturated rings. The second-order valence-corrected chi connectivity index (χ2v) is 9.16. The highest BCUT2D eigenvalue weighted by atomic mass is 35.5. The highest BCUT2D eigenvalue weighted by molar-refractivity contribution is 6.32. The van der Waals surface area contributed by atoms with Crippen molar-refractivity contribution in [3.63, 3.8) is 0 Å². The Kier molecular flexibility index (Phi) is 6.58. The number of ketones is 1. The number of ether oxygens (including phenoxy) is 2. The predicted octanol–water partition coefficient (Wildman–Crippen LogP) is 6.93. The summed E-state index contributed by atoms with van der Waals surface area (Å²) in [5, 5.41) is 12.3. The Balaban J connectivity index is 1.65. The molecule has 37 heavy (non-hydrogen) atoms. The van der Waals surface area contributed by atoms with Crippen LogP contribution in [0.25, 0.3) is 11.0 Å². The number of rotatable bonds is 7. The maximum Gasteiger partial charge on any atom is 0.294 e. The third-order valence-electron chi connectivity index (χ3n) is 6.04. The number of Topliss-reactive ketones (excluding diaryl/α,β-unsaturated/α-hetero) is 1. The molecule has 1 atom stereocenters. The molecule has 2 heterocycles. The summed E-state index contributed by atoms with van der Waals surface area (Å²) < 4.78 is 16.7. The van der Waals surface area contributed by atoms with Gasteiger partial charge in [0.2, 0.25) is 5.78 Å². The topological polar surface area (TPSA) is 89.2 Å². The van der Waals surface area contributed by atoms with Gasteiger partial charge in [0, 0.05) is 27.2 Å². The molecule has 1 unspecified atom stereocenters. The minimum atomic E-state index is -0.951. The Morgan fingerprint density at radius 2 is 1.81 bits per heavy atom. The number of fused-ring (bicyclic) bond motifs is 1. The summed E-state index contributed by atoms with van der Waals surface area (Å²) in [6.07, 6.45) is 0. The molecule has 1 aliphatic heterocycles. The number of hydrogen-bond donors (Lipinski definition) is 1. The van der Waals surface area contributed by atoms with Crippen LogP contribution in [0.4, 0.5) is 5.69 Å². The van der Waals surface area contributed by atoms with Gasteiger partial charge in [-0.2, -0.15) is 0 Å². The number of hydrogen-bond acceptors (Lipinski definition) is 6. The summed E-state index contributed by atoms with van der Waals surface area (Å²) in [5.74, 6) is -1.15. The predicted molar refractivity (Wildman–Crippen MR) is 141 cm³/mol. The number of halogens is 2. The first-order valence-corrected chi connectivity index (χ1v) is 12.1. The monoisotopic (exact) mass is 537 g/mol. The van der Waals surface area contributed by atoms with Crippen molar-refractivity contribution in [1.29, 1.82) is 0 Å². The summed E-state index contributed by atoms with van der Waals surface area (Å²) in [5.41, 5.74) is 1.20. The lowest BCUT2D eigenvalue weighted by Crippen LogP contribution is -2.31. The minimum absolute atomic E-state index is 0.0752. The van der Waals surface area contributed by atoms with E-state index >= 15 is 0 Å². The van der Waals surface area contributed by atoms with E-state index in [9.17, 15) is 14.7 Å². The average Bonchev–Trinajstić information content (AvgIpc) is 3.42. The number of carbonyl (C=O) groups excluding carboxylic acids is 2. The Bertz CT molecular complexity index is 1560. The van der Waals surface area contributed by atoms with Gasteiger partial charge in [-0.1, -0.05) is 41.4 Å². The number of methoxy groups -OCH3 is 1. The number of furan rings is 1. The number of amides is 1. The van der Waals surface area contributed by atoms with Crippen LogP contribution in [-0.4, -0.2) is 30.5 Å². The first kappa shape index (κ1) is 24.7. The fraction of sp³-hybridized carbons (Fsp3) is 0.143. The van der Waals surface area contributed by atoms with E-state index < -0.39 is 23.5 Å². The van der Waals surface area contributed by atoms with Crippen molar-refractivity contribution in [1.82, 2.24) is 0 Å². The molecule has 1 N–H and O–H groups in total. The Morgan fingerprint density at radius 1 is 1.05 bits per heavy atom. The van der Waals surface area contributed by atoms with Crippen molar-refractivity contribution in [2.45, 2.75) is 13.0 Å². The van der Waals surface area contributed by atoms with E-state index in [0.717, 1.165) is 0 Å². The summed E-state index contributed by atoms with van der Waals surface area (Å²) in [4.78, 5) is 28.5. The fourth-order valence-electron chi connectivity index (χ4n) is 4.44. The summed E-state index contributed by atoms with van der Waals surface area (Å²) >= 11 is 12.4. The lowest BCUT2D eigenvalue weighted by Gasteiger charge is -2.27. The molecular weight excluding hydrogens is 517 g/mol. The van der Waals surface area contributed by atoms with Crippen molar-refractivity contribution in [3.8, 4) is 11.5 Å². The molecule has 1 aliphatic rings. The van der Waals surface area contributed by atoms with Crippen molar-refractivity contribution >= 4 is 51.5 Å². The van der Waals surface area contributed by atoms with Gasteiger partial charge in [-0.3, -0.25) is 14.5 Å². The average molecular weight is 538 g/mol. The van der Waals surface area contributed by atoms with Gasteiger partial charge in [0.05, 0.1) is 25.3 Å². The molecule has 1 aromatic heterocycles. The van der Waals surface area contributed by atoms with Crippen LogP contribution in [0.3, 0.4) is 0 Å². The molecule has 0 spiro atoms. The van der Waals surface area contributed by atoms with E-state index in [1.54, 1.807) is 60.7 Å². The second-order valence-electron chi connectivity index (χ2n) is 8.29. The van der Waals surface area contributed by atoms with Gasteiger partial charge in [-0.05, 0) is 55.0 Å². The highest BCUT2D eigenvalue weighted by Gasteiger charge is 2.45. The Hall–Kier alpha value is -3.94. The zero-order chi connectivity index (χ0) is 26.3. The summed E-state index contributed by atoms with van der Waals surface area (Å²) in [6, 6.07) is 17.4. The minimum Gasteiger partial charge on any atom is -0.503 e. The number of benzene rings is 3. The molecule has 7 nitrogen and oxygen atoms in total. The smallest absolute Gasteiger partial charge is 0.294 e. The fourth-order valence-corrected chi connectivity index (χ4v) is 4.84. The van der Waals surface area contributed by atoms with E-state index in [1.165, 1.54) is 18.1 Å². The lowest BCUT2D eigenvalue weighted by molar-refractivity contribution is -0.117. The molecule has 0 radical (unpaired) electrons. The van der Waals surface area contributed by atoms with Gasteiger partial charge in [0.1, 0.15) is 5.75 Å². The van der Waals surface area contributed by atoms with Crippen molar-refractivity contribution < 1.29 is 28.6 Å². The van der Waals surface area contributed by atoms with Gasteiger partial charge in [-0.25, -0.2) is 0 Å². The zero-order valence-corrected chi connectivity index (χ0v) is 21.3. The van der Waals surface area contributed by atoms with Gasteiger partial charge >= 0.3 is 0 Å². The van der Waals surface area contributed by atoms with Crippen LogP contribution in [0.1, 0.15) is 29.1 Å². The largest absolute Gasteiger partial charge is 0.503 e. The molecule has 4 aromatic rings. The molecular formula is C28H21Cl2NO6. The van der Waals surface area contributed by atoms with Gasteiger partial charge in [0.25, 0.3) is 5.91 Å². The third-order valence-corrected chi connectivity index (χ3v) is 6.49. The van der Waals surface area contributed by atoms with Gasteiger partial charge < -0.3 is 19.0 Å². The maximum absolute atomic E-state index is 13.8. The number of aliphatic hydroxyl groups excluding tert-OH is 1. The van der Waals surface area contributed by atoms with Crippen LogP contribution in [0.5, 0.6) is 11.5 Å². The third kappa shape index (κ3) is 4.41. The van der Waals surface area contributed by atoms with Gasteiger partial charge in [0.15, 0.2) is 22.9 Å². The first-order chi connectivity index (χ1) is 17.8. The molecule has 9 heteroatoms. The van der Waals surface area contributed by atoms with E-state index in [1.807, 2.05) is 6.92 Å². The molecule has 0 bridgehead atoms. The maximum atomic E-state index is 13.8. The van der Waals surface area contributed by atoms with E-state index in [0.29, 0.717) is 50.4 Å². The molecule has 3 aromatic carbocycles. The Labute approximate surface area is 222 Å². The van der Waals surface area contributed by atoms with E-state index in [2.05, 4.69) is 0 Å². The van der Waals surface area contributed by atoms with Crippen LogP contribution in [0.15, 0.2) is 82.5 Å². The number of anilines is 1. The quantitative estimate of drug-likeness (QED) is 0.257. The van der Waals surface area contributed by atoms with Crippen LogP contribution in [0, 0.1) is 0 Å². The lowest BCUT2D eigenvalue weighted by atomic mass is 9.94. The van der Waals surface area contributed by atoms with Crippen molar-refractivity contribution in [2.24, 2.45) is 0 Å². The van der Waals surface area contributed by atoms with Crippen LogP contribution in [0.2, 0.25) is 10.0 Å². The molecule has 0 saturated heterocycles. The molecule has 1 amide bonds. The number of nitrogens with zero attached hydrogens (tertiary/aromatic N) is 1. The SMILES string of the molecule is CCOc1ccc(C2C(C(=O)c3cc4cc(Cl)cc(OC)c4o3)=C(O)C(=O)N2c2cccc(Cl)c2)cc1. The summed E-state index contributed by atoms with van der Waals surface area (Å²) in [7, 11) is 1.46. The van der Waals surface area contributed by atoms with Crippen LogP contribution >= 0.6 is 23.2 Å².